The fourth-order valence-electron chi connectivity index (χ4n) is 3.03. The van der Waals surface area contributed by atoms with E-state index in [0.717, 1.165) is 21.9 Å². The SMILES string of the molecule is C/C(=N/NC(=O)c1cc(-c2cccc3ccccc23)n[nH]1)c1ccccc1Cl. The number of rotatable bonds is 4. The van der Waals surface area contributed by atoms with E-state index in [1.54, 1.807) is 19.1 Å². The molecule has 0 saturated heterocycles. The number of carbonyl (C=O) groups excluding carboxylic acids is 1. The molecule has 0 atom stereocenters. The van der Waals surface area contributed by atoms with Gasteiger partial charge in [-0.1, -0.05) is 72.3 Å². The van der Waals surface area contributed by atoms with Crippen LogP contribution in [-0.2, 0) is 0 Å². The molecule has 0 spiro atoms. The molecule has 0 aliphatic carbocycles. The molecule has 0 saturated carbocycles. The largest absolute Gasteiger partial charge is 0.289 e. The first-order valence-corrected chi connectivity index (χ1v) is 9.14. The molecule has 0 aliphatic rings. The van der Waals surface area contributed by atoms with Crippen LogP contribution in [0.2, 0.25) is 5.02 Å². The Hall–Kier alpha value is -3.44. The minimum absolute atomic E-state index is 0.332. The fraction of sp³-hybridized carbons (Fsp3) is 0.0455. The van der Waals surface area contributed by atoms with Gasteiger partial charge in [-0.05, 0) is 29.8 Å². The zero-order valence-electron chi connectivity index (χ0n) is 15.1. The molecule has 3 aromatic carbocycles. The molecule has 138 valence electrons. The van der Waals surface area contributed by atoms with Crippen molar-refractivity contribution in [1.29, 1.82) is 0 Å². The van der Waals surface area contributed by atoms with Crippen LogP contribution in [0.4, 0.5) is 0 Å². The number of H-pyrrole nitrogens is 1. The Morgan fingerprint density at radius 1 is 1.04 bits per heavy atom. The summed E-state index contributed by atoms with van der Waals surface area (Å²) >= 11 is 6.16. The Balaban J connectivity index is 1.57. The standard InChI is InChI=1S/C22H17ClN4O/c1-14(16-9-4-5-12-19(16)23)24-27-22(28)21-13-20(25-26-21)18-11-6-8-15-7-2-3-10-17(15)18/h2-13H,1H3,(H,25,26)(H,27,28)/b24-14-. The van der Waals surface area contributed by atoms with Crippen LogP contribution in [0.15, 0.2) is 77.9 Å². The summed E-state index contributed by atoms with van der Waals surface area (Å²) in [4.78, 5) is 12.5. The van der Waals surface area contributed by atoms with E-state index in [2.05, 4.69) is 20.7 Å². The monoisotopic (exact) mass is 388 g/mol. The maximum absolute atomic E-state index is 12.5. The highest BCUT2D eigenvalue weighted by Crippen LogP contribution is 2.27. The second-order valence-electron chi connectivity index (χ2n) is 6.31. The topological polar surface area (TPSA) is 70.1 Å². The number of nitrogens with zero attached hydrogens (tertiary/aromatic N) is 2. The third kappa shape index (κ3) is 3.52. The quantitative estimate of drug-likeness (QED) is 0.380. The highest BCUT2D eigenvalue weighted by molar-refractivity contribution is 6.34. The molecule has 6 heteroatoms. The lowest BCUT2D eigenvalue weighted by molar-refractivity contribution is 0.0950. The fourth-order valence-corrected chi connectivity index (χ4v) is 3.31. The molecule has 2 N–H and O–H groups in total. The highest BCUT2D eigenvalue weighted by atomic mass is 35.5. The second kappa shape index (κ2) is 7.66. The summed E-state index contributed by atoms with van der Waals surface area (Å²) in [7, 11) is 0. The van der Waals surface area contributed by atoms with E-state index in [4.69, 9.17) is 11.6 Å². The number of carbonyl (C=O) groups is 1. The number of benzene rings is 3. The minimum Gasteiger partial charge on any atom is -0.272 e. The third-order valence-electron chi connectivity index (χ3n) is 4.48. The summed E-state index contributed by atoms with van der Waals surface area (Å²) in [5.74, 6) is -0.370. The van der Waals surface area contributed by atoms with Crippen molar-refractivity contribution in [2.45, 2.75) is 6.92 Å². The molecule has 1 amide bonds. The van der Waals surface area contributed by atoms with Crippen LogP contribution < -0.4 is 5.43 Å². The summed E-state index contributed by atoms with van der Waals surface area (Å²) in [6.45, 7) is 1.79. The zero-order valence-corrected chi connectivity index (χ0v) is 15.9. The Morgan fingerprint density at radius 3 is 2.64 bits per heavy atom. The van der Waals surface area contributed by atoms with Crippen molar-refractivity contribution < 1.29 is 4.79 Å². The lowest BCUT2D eigenvalue weighted by Gasteiger charge is -2.04. The number of nitrogens with one attached hydrogen (secondary N) is 2. The number of amides is 1. The van der Waals surface area contributed by atoms with Crippen LogP contribution in [0, 0.1) is 0 Å². The molecule has 0 fully saturated rings. The van der Waals surface area contributed by atoms with Gasteiger partial charge in [-0.25, -0.2) is 5.43 Å². The lowest BCUT2D eigenvalue weighted by Crippen LogP contribution is -2.19. The molecule has 4 rings (SSSR count). The van der Waals surface area contributed by atoms with Gasteiger partial charge in [-0.3, -0.25) is 9.89 Å². The molecular weight excluding hydrogens is 372 g/mol. The van der Waals surface area contributed by atoms with Crippen LogP contribution in [0.3, 0.4) is 0 Å². The zero-order chi connectivity index (χ0) is 19.5. The number of hydrogen-bond donors (Lipinski definition) is 2. The van der Waals surface area contributed by atoms with E-state index in [0.29, 0.717) is 22.1 Å². The summed E-state index contributed by atoms with van der Waals surface area (Å²) < 4.78 is 0. The number of aromatic nitrogens is 2. The molecule has 1 heterocycles. The van der Waals surface area contributed by atoms with E-state index in [1.165, 1.54) is 0 Å². The number of halogens is 1. The predicted octanol–water partition coefficient (Wildman–Crippen LogP) is 5.04. The average Bonchev–Trinajstić information content (AvgIpc) is 3.22. The van der Waals surface area contributed by atoms with Crippen molar-refractivity contribution in [1.82, 2.24) is 15.6 Å². The minimum atomic E-state index is -0.370. The van der Waals surface area contributed by atoms with Crippen molar-refractivity contribution in [3.8, 4) is 11.3 Å². The van der Waals surface area contributed by atoms with Gasteiger partial charge in [0, 0.05) is 16.1 Å². The molecule has 0 bridgehead atoms. The summed E-state index contributed by atoms with van der Waals surface area (Å²) in [5, 5.41) is 14.0. The molecule has 28 heavy (non-hydrogen) atoms. The number of hydrazone groups is 1. The van der Waals surface area contributed by atoms with Gasteiger partial charge in [-0.2, -0.15) is 10.2 Å². The predicted molar refractivity (Wildman–Crippen MR) is 113 cm³/mol. The van der Waals surface area contributed by atoms with Gasteiger partial charge in [-0.15, -0.1) is 0 Å². The van der Waals surface area contributed by atoms with Crippen molar-refractivity contribution in [3.63, 3.8) is 0 Å². The van der Waals surface area contributed by atoms with E-state index in [-0.39, 0.29) is 5.91 Å². The Bertz CT molecular complexity index is 1190. The maximum Gasteiger partial charge on any atom is 0.289 e. The van der Waals surface area contributed by atoms with Crippen molar-refractivity contribution in [2.24, 2.45) is 5.10 Å². The number of fused-ring (bicyclic) bond motifs is 1. The van der Waals surface area contributed by atoms with Crippen molar-refractivity contribution >= 4 is 34.0 Å². The molecule has 0 aliphatic heterocycles. The summed E-state index contributed by atoms with van der Waals surface area (Å²) in [6.07, 6.45) is 0. The van der Waals surface area contributed by atoms with Gasteiger partial charge in [0.15, 0.2) is 0 Å². The molecule has 5 nitrogen and oxygen atoms in total. The summed E-state index contributed by atoms with van der Waals surface area (Å²) in [6, 6.07) is 23.1. The van der Waals surface area contributed by atoms with E-state index in [9.17, 15) is 4.79 Å². The van der Waals surface area contributed by atoms with Gasteiger partial charge in [0.2, 0.25) is 0 Å². The molecule has 0 unspecified atom stereocenters. The highest BCUT2D eigenvalue weighted by Gasteiger charge is 2.13. The smallest absolute Gasteiger partial charge is 0.272 e. The van der Waals surface area contributed by atoms with Crippen molar-refractivity contribution in [3.05, 3.63) is 89.1 Å². The number of hydrogen-bond acceptors (Lipinski definition) is 3. The van der Waals surface area contributed by atoms with Crippen molar-refractivity contribution in [2.75, 3.05) is 0 Å². The molecule has 1 aromatic heterocycles. The van der Waals surface area contributed by atoms with E-state index >= 15 is 0 Å². The van der Waals surface area contributed by atoms with Gasteiger partial charge < -0.3 is 0 Å². The van der Waals surface area contributed by atoms with Crippen LogP contribution in [0.5, 0.6) is 0 Å². The number of aromatic amines is 1. The Labute approximate surface area is 167 Å². The molecular formula is C22H17ClN4O. The van der Waals surface area contributed by atoms with E-state index in [1.807, 2.05) is 60.7 Å². The molecule has 0 radical (unpaired) electrons. The first kappa shape index (κ1) is 17.9. The maximum atomic E-state index is 12.5. The lowest BCUT2D eigenvalue weighted by atomic mass is 10.0. The van der Waals surface area contributed by atoms with Gasteiger partial charge in [0.05, 0.1) is 11.4 Å². The van der Waals surface area contributed by atoms with E-state index < -0.39 is 0 Å². The van der Waals surface area contributed by atoms with Crippen LogP contribution in [0.25, 0.3) is 22.0 Å². The second-order valence-corrected chi connectivity index (χ2v) is 6.72. The third-order valence-corrected chi connectivity index (χ3v) is 4.81. The first-order valence-electron chi connectivity index (χ1n) is 8.76. The van der Waals surface area contributed by atoms with Crippen LogP contribution in [-0.4, -0.2) is 21.8 Å². The average molecular weight is 389 g/mol. The first-order chi connectivity index (χ1) is 13.6. The van der Waals surface area contributed by atoms with Crippen LogP contribution >= 0.6 is 11.6 Å². The van der Waals surface area contributed by atoms with Gasteiger partial charge in [0.25, 0.3) is 5.91 Å². The summed E-state index contributed by atoms with van der Waals surface area (Å²) in [5.41, 5.74) is 5.93. The Kier molecular flexibility index (Phi) is 4.91. The van der Waals surface area contributed by atoms with Crippen LogP contribution in [0.1, 0.15) is 23.0 Å². The normalized spacial score (nSPS) is 11.6. The Morgan fingerprint density at radius 2 is 1.79 bits per heavy atom. The molecule has 4 aromatic rings. The van der Waals surface area contributed by atoms with Gasteiger partial charge in [0.1, 0.15) is 5.69 Å². The van der Waals surface area contributed by atoms with Gasteiger partial charge >= 0.3 is 0 Å².